The van der Waals surface area contributed by atoms with E-state index in [9.17, 15) is 18.4 Å². The van der Waals surface area contributed by atoms with Gasteiger partial charge in [0.25, 0.3) is 5.91 Å². The Hall–Kier alpha value is -2.76. The molecule has 2 aromatic carbocycles. The summed E-state index contributed by atoms with van der Waals surface area (Å²) in [6, 6.07) is 9.39. The van der Waals surface area contributed by atoms with Crippen molar-refractivity contribution in [2.45, 2.75) is 46.2 Å². The molecule has 0 aliphatic rings. The van der Waals surface area contributed by atoms with Crippen molar-refractivity contribution in [2.24, 2.45) is 5.92 Å². The maximum absolute atomic E-state index is 13.5. The highest BCUT2D eigenvalue weighted by Crippen LogP contribution is 2.17. The molecule has 4 nitrogen and oxygen atoms in total. The van der Waals surface area contributed by atoms with Crippen LogP contribution in [0, 0.1) is 24.5 Å². The van der Waals surface area contributed by atoms with Crippen LogP contribution in [0.15, 0.2) is 42.5 Å². The number of carbonyl (C=O) groups is 2. The van der Waals surface area contributed by atoms with Crippen molar-refractivity contribution in [3.05, 3.63) is 70.8 Å². The Morgan fingerprint density at radius 2 is 1.64 bits per heavy atom. The lowest BCUT2D eigenvalue weighted by atomic mass is 10.0. The maximum atomic E-state index is 13.5. The normalized spacial score (nSPS) is 13.1. The quantitative estimate of drug-likeness (QED) is 0.743. The number of nitrogens with one attached hydrogen (secondary N) is 2. The fourth-order valence-electron chi connectivity index (χ4n) is 2.95. The van der Waals surface area contributed by atoms with Crippen molar-refractivity contribution in [3.8, 4) is 0 Å². The van der Waals surface area contributed by atoms with E-state index in [2.05, 4.69) is 10.6 Å². The molecular weight excluding hydrogens is 362 g/mol. The number of hydrogen-bond donors (Lipinski definition) is 2. The van der Waals surface area contributed by atoms with Crippen LogP contribution < -0.4 is 10.6 Å². The number of hydrogen-bond acceptors (Lipinski definition) is 2. The van der Waals surface area contributed by atoms with Crippen LogP contribution >= 0.6 is 0 Å². The van der Waals surface area contributed by atoms with Crippen LogP contribution in [-0.4, -0.2) is 17.9 Å². The van der Waals surface area contributed by atoms with Gasteiger partial charge in [-0.3, -0.25) is 9.59 Å². The molecule has 0 heterocycles. The second-order valence-electron chi connectivity index (χ2n) is 7.37. The van der Waals surface area contributed by atoms with E-state index >= 15 is 0 Å². The Morgan fingerprint density at radius 1 is 0.964 bits per heavy atom. The third-order valence-corrected chi connectivity index (χ3v) is 4.52. The van der Waals surface area contributed by atoms with Crippen molar-refractivity contribution in [1.29, 1.82) is 0 Å². The van der Waals surface area contributed by atoms with Crippen LogP contribution in [0.5, 0.6) is 0 Å². The molecule has 0 radical (unpaired) electrons. The van der Waals surface area contributed by atoms with Crippen molar-refractivity contribution in [2.75, 3.05) is 0 Å². The molecule has 0 bridgehead atoms. The van der Waals surface area contributed by atoms with Crippen molar-refractivity contribution in [1.82, 2.24) is 10.6 Å². The summed E-state index contributed by atoms with van der Waals surface area (Å²) in [7, 11) is 0. The van der Waals surface area contributed by atoms with Crippen LogP contribution in [0.4, 0.5) is 8.78 Å². The van der Waals surface area contributed by atoms with Gasteiger partial charge in [0.15, 0.2) is 11.6 Å². The summed E-state index contributed by atoms with van der Waals surface area (Å²) < 4.78 is 26.6. The molecule has 2 amide bonds. The van der Waals surface area contributed by atoms with Gasteiger partial charge in [0, 0.05) is 5.56 Å². The summed E-state index contributed by atoms with van der Waals surface area (Å²) in [5.74, 6) is -2.42. The summed E-state index contributed by atoms with van der Waals surface area (Å²) in [6.07, 6.45) is 0.452. The topological polar surface area (TPSA) is 58.2 Å². The number of carbonyl (C=O) groups excluding carboxylic acids is 2. The Labute approximate surface area is 164 Å². The summed E-state index contributed by atoms with van der Waals surface area (Å²) in [5, 5.41) is 5.57. The average molecular weight is 388 g/mol. The zero-order valence-electron chi connectivity index (χ0n) is 16.6. The van der Waals surface area contributed by atoms with Crippen molar-refractivity contribution < 1.29 is 18.4 Å². The van der Waals surface area contributed by atoms with E-state index in [-0.39, 0.29) is 17.7 Å². The van der Waals surface area contributed by atoms with E-state index in [4.69, 9.17) is 0 Å². The maximum Gasteiger partial charge on any atom is 0.252 e. The van der Waals surface area contributed by atoms with Gasteiger partial charge in [-0.2, -0.15) is 0 Å². The first kappa shape index (κ1) is 21.5. The van der Waals surface area contributed by atoms with Crippen LogP contribution in [0.25, 0.3) is 0 Å². The smallest absolute Gasteiger partial charge is 0.252 e. The van der Waals surface area contributed by atoms with E-state index in [0.717, 1.165) is 17.7 Å². The summed E-state index contributed by atoms with van der Waals surface area (Å²) in [6.45, 7) is 7.43. The first-order valence-corrected chi connectivity index (χ1v) is 9.30. The van der Waals surface area contributed by atoms with Gasteiger partial charge < -0.3 is 10.6 Å². The molecular formula is C22H26F2N2O2. The summed E-state index contributed by atoms with van der Waals surface area (Å²) >= 11 is 0. The minimum absolute atomic E-state index is 0.173. The first-order chi connectivity index (χ1) is 13.2. The van der Waals surface area contributed by atoms with Gasteiger partial charge in [0.2, 0.25) is 5.91 Å². The third kappa shape index (κ3) is 5.62. The molecule has 2 rings (SSSR count). The largest absolute Gasteiger partial charge is 0.348 e. The minimum atomic E-state index is -0.967. The summed E-state index contributed by atoms with van der Waals surface area (Å²) in [5.41, 5.74) is 1.78. The molecule has 150 valence electrons. The second kappa shape index (κ2) is 9.44. The minimum Gasteiger partial charge on any atom is -0.348 e. The van der Waals surface area contributed by atoms with Crippen LogP contribution in [0.2, 0.25) is 0 Å². The Kier molecular flexibility index (Phi) is 7.26. The molecule has 6 heteroatoms. The second-order valence-corrected chi connectivity index (χ2v) is 7.37. The molecule has 2 unspecified atom stereocenters. The Bertz CT molecular complexity index is 852. The molecule has 0 saturated heterocycles. The van der Waals surface area contributed by atoms with Gasteiger partial charge in [-0.15, -0.1) is 0 Å². The van der Waals surface area contributed by atoms with Gasteiger partial charge in [-0.25, -0.2) is 8.78 Å². The standard InChI is InChI=1S/C22H26F2N2O2/c1-13(2)11-20(26-21(27)17-8-6-5-7-14(17)3)22(28)25-15(4)16-9-10-18(23)19(24)12-16/h5-10,12-13,15,20H,11H2,1-4H3,(H,25,28)(H,26,27). The van der Waals surface area contributed by atoms with E-state index in [0.29, 0.717) is 17.5 Å². The van der Waals surface area contributed by atoms with Crippen molar-refractivity contribution >= 4 is 11.8 Å². The highest BCUT2D eigenvalue weighted by atomic mass is 19.2. The molecule has 2 atom stereocenters. The predicted octanol–water partition coefficient (Wildman–Crippen LogP) is 4.30. The Balaban J connectivity index is 2.13. The third-order valence-electron chi connectivity index (χ3n) is 4.52. The molecule has 0 aliphatic carbocycles. The highest BCUT2D eigenvalue weighted by Gasteiger charge is 2.24. The molecule has 28 heavy (non-hydrogen) atoms. The lowest BCUT2D eigenvalue weighted by molar-refractivity contribution is -0.124. The van der Waals surface area contributed by atoms with Gasteiger partial charge >= 0.3 is 0 Å². The lowest BCUT2D eigenvalue weighted by Crippen LogP contribution is -2.48. The van der Waals surface area contributed by atoms with Gasteiger partial charge in [0.05, 0.1) is 6.04 Å². The molecule has 2 aromatic rings. The monoisotopic (exact) mass is 388 g/mol. The average Bonchev–Trinajstić information content (AvgIpc) is 2.63. The lowest BCUT2D eigenvalue weighted by Gasteiger charge is -2.23. The number of amides is 2. The number of aryl methyl sites for hydroxylation is 1. The van der Waals surface area contributed by atoms with Crippen LogP contribution in [0.3, 0.4) is 0 Å². The zero-order valence-corrected chi connectivity index (χ0v) is 16.6. The molecule has 0 aliphatic heterocycles. The molecule has 2 N–H and O–H groups in total. The number of rotatable bonds is 7. The SMILES string of the molecule is Cc1ccccc1C(=O)NC(CC(C)C)C(=O)NC(C)c1ccc(F)c(F)c1. The van der Waals surface area contributed by atoms with E-state index < -0.39 is 23.7 Å². The highest BCUT2D eigenvalue weighted by molar-refractivity contribution is 5.98. The predicted molar refractivity (Wildman–Crippen MR) is 105 cm³/mol. The molecule has 0 aromatic heterocycles. The molecule has 0 saturated carbocycles. The van der Waals surface area contributed by atoms with Crippen LogP contribution in [0.1, 0.15) is 54.7 Å². The zero-order chi connectivity index (χ0) is 20.8. The number of benzene rings is 2. The van der Waals surface area contributed by atoms with Gasteiger partial charge in [-0.05, 0) is 55.5 Å². The molecule has 0 fully saturated rings. The van der Waals surface area contributed by atoms with E-state index in [1.165, 1.54) is 6.07 Å². The van der Waals surface area contributed by atoms with Gasteiger partial charge in [-0.1, -0.05) is 38.1 Å². The Morgan fingerprint density at radius 3 is 2.25 bits per heavy atom. The van der Waals surface area contributed by atoms with E-state index in [1.807, 2.05) is 32.9 Å². The fraction of sp³-hybridized carbons (Fsp3) is 0.364. The first-order valence-electron chi connectivity index (χ1n) is 9.30. The fourth-order valence-corrected chi connectivity index (χ4v) is 2.95. The molecule has 0 spiro atoms. The van der Waals surface area contributed by atoms with Crippen LogP contribution in [-0.2, 0) is 4.79 Å². The summed E-state index contributed by atoms with van der Waals surface area (Å²) in [4.78, 5) is 25.4. The van der Waals surface area contributed by atoms with Crippen molar-refractivity contribution in [3.63, 3.8) is 0 Å². The number of halogens is 2. The van der Waals surface area contributed by atoms with Gasteiger partial charge in [0.1, 0.15) is 6.04 Å². The van der Waals surface area contributed by atoms with E-state index in [1.54, 1.807) is 19.1 Å².